The Bertz CT molecular complexity index is 520. The zero-order chi connectivity index (χ0) is 14.3. The van der Waals surface area contributed by atoms with Crippen LogP contribution in [-0.2, 0) is 11.2 Å². The van der Waals surface area contributed by atoms with Gasteiger partial charge in [-0.15, -0.1) is 11.3 Å². The SMILES string of the molecule is CC1CCc2sc(N)c(C(=O)N3CCOCC3)c2C1C. The van der Waals surface area contributed by atoms with Crippen LogP contribution in [0.25, 0.3) is 0 Å². The quantitative estimate of drug-likeness (QED) is 0.866. The Kier molecular flexibility index (Phi) is 3.73. The molecule has 1 aromatic heterocycles. The van der Waals surface area contributed by atoms with E-state index in [1.165, 1.54) is 16.9 Å². The van der Waals surface area contributed by atoms with Crippen molar-refractivity contribution in [2.45, 2.75) is 32.6 Å². The van der Waals surface area contributed by atoms with Gasteiger partial charge in [0.1, 0.15) is 0 Å². The molecule has 1 amide bonds. The fraction of sp³-hybridized carbons (Fsp3) is 0.667. The van der Waals surface area contributed by atoms with Gasteiger partial charge in [0, 0.05) is 18.0 Å². The summed E-state index contributed by atoms with van der Waals surface area (Å²) in [5, 5.41) is 0.701. The summed E-state index contributed by atoms with van der Waals surface area (Å²) >= 11 is 1.61. The molecule has 5 heteroatoms. The first-order chi connectivity index (χ1) is 9.59. The summed E-state index contributed by atoms with van der Waals surface area (Å²) in [7, 11) is 0. The van der Waals surface area contributed by atoms with Crippen LogP contribution >= 0.6 is 11.3 Å². The van der Waals surface area contributed by atoms with Crippen LogP contribution in [0, 0.1) is 5.92 Å². The highest BCUT2D eigenvalue weighted by atomic mass is 32.1. The fourth-order valence-electron chi connectivity index (χ4n) is 3.22. The minimum absolute atomic E-state index is 0.101. The Morgan fingerprint density at radius 1 is 1.35 bits per heavy atom. The van der Waals surface area contributed by atoms with E-state index in [1.807, 2.05) is 4.90 Å². The van der Waals surface area contributed by atoms with Gasteiger partial charge < -0.3 is 15.4 Å². The van der Waals surface area contributed by atoms with Gasteiger partial charge in [0.15, 0.2) is 0 Å². The van der Waals surface area contributed by atoms with Crippen molar-refractivity contribution in [3.63, 3.8) is 0 Å². The molecule has 3 rings (SSSR count). The van der Waals surface area contributed by atoms with E-state index >= 15 is 0 Å². The summed E-state index contributed by atoms with van der Waals surface area (Å²) in [5.41, 5.74) is 8.18. The Hall–Kier alpha value is -1.07. The normalized spacial score (nSPS) is 26.4. The average Bonchev–Trinajstić information content (AvgIpc) is 2.80. The number of nitrogens with two attached hydrogens (primary N) is 1. The van der Waals surface area contributed by atoms with Crippen molar-refractivity contribution < 1.29 is 9.53 Å². The Balaban J connectivity index is 1.97. The first kappa shape index (κ1) is 13.9. The maximum Gasteiger partial charge on any atom is 0.257 e. The van der Waals surface area contributed by atoms with Gasteiger partial charge in [-0.2, -0.15) is 0 Å². The molecule has 1 aromatic rings. The van der Waals surface area contributed by atoms with Crippen LogP contribution in [0.1, 0.15) is 47.0 Å². The van der Waals surface area contributed by atoms with Gasteiger partial charge in [-0.3, -0.25) is 4.79 Å². The largest absolute Gasteiger partial charge is 0.390 e. The molecule has 2 aliphatic rings. The molecule has 2 heterocycles. The Morgan fingerprint density at radius 2 is 2.05 bits per heavy atom. The molecule has 20 heavy (non-hydrogen) atoms. The third-order valence-electron chi connectivity index (χ3n) is 4.70. The topological polar surface area (TPSA) is 55.6 Å². The molecule has 1 saturated heterocycles. The highest BCUT2D eigenvalue weighted by Gasteiger charge is 2.33. The summed E-state index contributed by atoms with van der Waals surface area (Å²) in [4.78, 5) is 16.0. The van der Waals surface area contributed by atoms with Crippen LogP contribution in [0.2, 0.25) is 0 Å². The van der Waals surface area contributed by atoms with Gasteiger partial charge >= 0.3 is 0 Å². The van der Waals surface area contributed by atoms with Crippen molar-refractivity contribution in [1.82, 2.24) is 4.90 Å². The number of nitrogens with zero attached hydrogens (tertiary/aromatic N) is 1. The van der Waals surface area contributed by atoms with E-state index in [4.69, 9.17) is 10.5 Å². The van der Waals surface area contributed by atoms with Crippen LogP contribution < -0.4 is 5.73 Å². The number of hydrogen-bond donors (Lipinski definition) is 1. The number of ether oxygens (including phenoxy) is 1. The summed E-state index contributed by atoms with van der Waals surface area (Å²) in [6.45, 7) is 7.10. The smallest absolute Gasteiger partial charge is 0.257 e. The van der Waals surface area contributed by atoms with Crippen molar-refractivity contribution >= 4 is 22.2 Å². The number of morpholine rings is 1. The van der Waals surface area contributed by atoms with E-state index in [0.717, 1.165) is 12.0 Å². The minimum Gasteiger partial charge on any atom is -0.390 e. The fourth-order valence-corrected chi connectivity index (χ4v) is 4.40. The number of anilines is 1. The van der Waals surface area contributed by atoms with Crippen molar-refractivity contribution in [2.24, 2.45) is 5.92 Å². The molecule has 1 fully saturated rings. The van der Waals surface area contributed by atoms with Crippen LogP contribution in [0.5, 0.6) is 0 Å². The van der Waals surface area contributed by atoms with Crippen molar-refractivity contribution in [1.29, 1.82) is 0 Å². The molecular formula is C15H22N2O2S. The molecule has 0 saturated carbocycles. The zero-order valence-electron chi connectivity index (χ0n) is 12.1. The predicted molar refractivity (Wildman–Crippen MR) is 81.4 cm³/mol. The molecular weight excluding hydrogens is 272 g/mol. The number of fused-ring (bicyclic) bond motifs is 1. The second kappa shape index (κ2) is 5.37. The maximum absolute atomic E-state index is 12.8. The lowest BCUT2D eigenvalue weighted by Crippen LogP contribution is -2.41. The number of carbonyl (C=O) groups is 1. The van der Waals surface area contributed by atoms with Crippen LogP contribution in [0.15, 0.2) is 0 Å². The van der Waals surface area contributed by atoms with E-state index in [1.54, 1.807) is 11.3 Å². The van der Waals surface area contributed by atoms with Gasteiger partial charge in [-0.1, -0.05) is 13.8 Å². The number of thiophene rings is 1. The van der Waals surface area contributed by atoms with Gasteiger partial charge in [0.25, 0.3) is 5.91 Å². The number of carbonyl (C=O) groups excluding carboxylic acids is 1. The molecule has 0 bridgehead atoms. The lowest BCUT2D eigenvalue weighted by Gasteiger charge is -2.30. The Labute approximate surface area is 123 Å². The van der Waals surface area contributed by atoms with E-state index in [0.29, 0.717) is 43.1 Å². The number of rotatable bonds is 1. The van der Waals surface area contributed by atoms with E-state index < -0.39 is 0 Å². The molecule has 2 atom stereocenters. The Morgan fingerprint density at radius 3 is 2.75 bits per heavy atom. The minimum atomic E-state index is 0.101. The number of aryl methyl sites for hydroxylation is 1. The predicted octanol–water partition coefficient (Wildman–Crippen LogP) is 2.49. The monoisotopic (exact) mass is 294 g/mol. The number of nitrogen functional groups attached to an aromatic ring is 1. The molecule has 110 valence electrons. The van der Waals surface area contributed by atoms with Crippen LogP contribution in [0.4, 0.5) is 5.00 Å². The molecule has 4 nitrogen and oxygen atoms in total. The second-order valence-electron chi connectivity index (χ2n) is 5.89. The van der Waals surface area contributed by atoms with Gasteiger partial charge in [-0.05, 0) is 30.2 Å². The number of amides is 1. The molecule has 1 aliphatic heterocycles. The first-order valence-electron chi connectivity index (χ1n) is 7.37. The van der Waals surface area contributed by atoms with E-state index in [9.17, 15) is 4.79 Å². The van der Waals surface area contributed by atoms with E-state index in [2.05, 4.69) is 13.8 Å². The average molecular weight is 294 g/mol. The molecule has 2 N–H and O–H groups in total. The third-order valence-corrected chi connectivity index (χ3v) is 5.79. The maximum atomic E-state index is 12.8. The summed E-state index contributed by atoms with van der Waals surface area (Å²) in [6, 6.07) is 0. The lowest BCUT2D eigenvalue weighted by molar-refractivity contribution is 0.0302. The third kappa shape index (κ3) is 2.23. The second-order valence-corrected chi connectivity index (χ2v) is 7.02. The highest BCUT2D eigenvalue weighted by molar-refractivity contribution is 7.16. The van der Waals surface area contributed by atoms with Crippen LogP contribution in [0.3, 0.4) is 0 Å². The molecule has 0 spiro atoms. The molecule has 0 radical (unpaired) electrons. The zero-order valence-corrected chi connectivity index (χ0v) is 13.0. The van der Waals surface area contributed by atoms with Gasteiger partial charge in [-0.25, -0.2) is 0 Å². The summed E-state index contributed by atoms with van der Waals surface area (Å²) < 4.78 is 5.33. The highest BCUT2D eigenvalue weighted by Crippen LogP contribution is 2.44. The van der Waals surface area contributed by atoms with Crippen molar-refractivity contribution in [3.8, 4) is 0 Å². The lowest BCUT2D eigenvalue weighted by atomic mass is 9.78. The summed E-state index contributed by atoms with van der Waals surface area (Å²) in [6.07, 6.45) is 2.26. The standard InChI is InChI=1S/C15H22N2O2S/c1-9-3-4-11-12(10(9)2)13(14(16)20-11)15(18)17-5-7-19-8-6-17/h9-10H,3-8,16H2,1-2H3. The van der Waals surface area contributed by atoms with Gasteiger partial charge in [0.2, 0.25) is 0 Å². The van der Waals surface area contributed by atoms with Crippen LogP contribution in [-0.4, -0.2) is 37.1 Å². The number of hydrogen-bond acceptors (Lipinski definition) is 4. The van der Waals surface area contributed by atoms with Crippen molar-refractivity contribution in [2.75, 3.05) is 32.0 Å². The van der Waals surface area contributed by atoms with Crippen molar-refractivity contribution in [3.05, 3.63) is 16.0 Å². The molecule has 2 unspecified atom stereocenters. The first-order valence-corrected chi connectivity index (χ1v) is 8.19. The molecule has 0 aromatic carbocycles. The van der Waals surface area contributed by atoms with E-state index in [-0.39, 0.29) is 5.91 Å². The summed E-state index contributed by atoms with van der Waals surface area (Å²) in [5.74, 6) is 1.14. The van der Waals surface area contributed by atoms with Gasteiger partial charge in [0.05, 0.1) is 23.8 Å². The molecule has 1 aliphatic carbocycles.